The van der Waals surface area contributed by atoms with Crippen molar-refractivity contribution < 1.29 is 0 Å². The van der Waals surface area contributed by atoms with Gasteiger partial charge in [-0.25, -0.2) is 0 Å². The van der Waals surface area contributed by atoms with Crippen molar-refractivity contribution in [1.82, 2.24) is 14.7 Å². The highest BCUT2D eigenvalue weighted by Gasteiger charge is 2.29. The first-order valence-electron chi connectivity index (χ1n) is 6.36. The van der Waals surface area contributed by atoms with Crippen LogP contribution in [0.5, 0.6) is 0 Å². The summed E-state index contributed by atoms with van der Waals surface area (Å²) in [6.07, 6.45) is 2.62. The van der Waals surface area contributed by atoms with Gasteiger partial charge in [-0.2, -0.15) is 5.10 Å². The highest BCUT2D eigenvalue weighted by molar-refractivity contribution is 6.31. The lowest BCUT2D eigenvalue weighted by molar-refractivity contribution is 0.346. The standard InChI is InChI=1S/C13H25ClN4/c1-10(15)8-13(2,3)12-11(14)9-16-18(12)7-6-17(4)5/h9-10H,6-8,15H2,1-5H3. The molecule has 1 atom stereocenters. The van der Waals surface area contributed by atoms with E-state index in [9.17, 15) is 0 Å². The largest absolute Gasteiger partial charge is 0.328 e. The quantitative estimate of drug-likeness (QED) is 0.863. The fourth-order valence-electron chi connectivity index (χ4n) is 2.40. The van der Waals surface area contributed by atoms with Crippen molar-refractivity contribution in [2.45, 2.75) is 45.2 Å². The van der Waals surface area contributed by atoms with E-state index in [1.54, 1.807) is 6.20 Å². The minimum Gasteiger partial charge on any atom is -0.328 e. The molecule has 0 amide bonds. The second-order valence-corrected chi connectivity index (χ2v) is 6.34. The monoisotopic (exact) mass is 272 g/mol. The molecule has 0 fully saturated rings. The first-order chi connectivity index (χ1) is 8.24. The van der Waals surface area contributed by atoms with E-state index in [0.29, 0.717) is 0 Å². The maximum Gasteiger partial charge on any atom is 0.0823 e. The maximum atomic E-state index is 6.29. The summed E-state index contributed by atoms with van der Waals surface area (Å²) in [6.45, 7) is 8.16. The zero-order chi connectivity index (χ0) is 13.9. The van der Waals surface area contributed by atoms with Crippen LogP contribution in [0, 0.1) is 0 Å². The predicted molar refractivity (Wildman–Crippen MR) is 77.1 cm³/mol. The van der Waals surface area contributed by atoms with E-state index in [2.05, 4.69) is 37.9 Å². The third-order valence-corrected chi connectivity index (χ3v) is 3.30. The van der Waals surface area contributed by atoms with E-state index in [0.717, 1.165) is 30.2 Å². The molecule has 0 radical (unpaired) electrons. The van der Waals surface area contributed by atoms with Gasteiger partial charge in [0.25, 0.3) is 0 Å². The molecule has 0 saturated carbocycles. The number of rotatable bonds is 6. The van der Waals surface area contributed by atoms with Gasteiger partial charge in [-0.1, -0.05) is 25.4 Å². The van der Waals surface area contributed by atoms with Crippen LogP contribution >= 0.6 is 11.6 Å². The first kappa shape index (κ1) is 15.5. The molecule has 104 valence electrons. The molecule has 0 bridgehead atoms. The molecule has 0 saturated heterocycles. The smallest absolute Gasteiger partial charge is 0.0823 e. The molecule has 1 aromatic rings. The number of hydrogen-bond acceptors (Lipinski definition) is 3. The first-order valence-corrected chi connectivity index (χ1v) is 6.74. The second kappa shape index (κ2) is 6.04. The molecular weight excluding hydrogens is 248 g/mol. The minimum absolute atomic E-state index is 0.0614. The van der Waals surface area contributed by atoms with Crippen LogP contribution < -0.4 is 5.73 Å². The molecule has 18 heavy (non-hydrogen) atoms. The zero-order valence-electron chi connectivity index (χ0n) is 12.1. The van der Waals surface area contributed by atoms with Crippen LogP contribution in [-0.2, 0) is 12.0 Å². The second-order valence-electron chi connectivity index (χ2n) is 5.93. The topological polar surface area (TPSA) is 47.1 Å². The third kappa shape index (κ3) is 3.97. The SMILES string of the molecule is CC(N)CC(C)(C)c1c(Cl)cnn1CCN(C)C. The van der Waals surface area contributed by atoms with E-state index in [-0.39, 0.29) is 11.5 Å². The average molecular weight is 273 g/mol. The van der Waals surface area contributed by atoms with Gasteiger partial charge in [-0.05, 0) is 27.4 Å². The van der Waals surface area contributed by atoms with Gasteiger partial charge < -0.3 is 10.6 Å². The van der Waals surface area contributed by atoms with Crippen molar-refractivity contribution in [3.05, 3.63) is 16.9 Å². The van der Waals surface area contributed by atoms with Gasteiger partial charge in [0.05, 0.1) is 23.5 Å². The summed E-state index contributed by atoms with van der Waals surface area (Å²) in [7, 11) is 4.11. The molecule has 5 heteroatoms. The van der Waals surface area contributed by atoms with E-state index in [4.69, 9.17) is 17.3 Å². The van der Waals surface area contributed by atoms with Crippen molar-refractivity contribution in [3.8, 4) is 0 Å². The highest BCUT2D eigenvalue weighted by atomic mass is 35.5. The van der Waals surface area contributed by atoms with Gasteiger partial charge in [-0.15, -0.1) is 0 Å². The van der Waals surface area contributed by atoms with Crippen LogP contribution in [-0.4, -0.2) is 41.4 Å². The summed E-state index contributed by atoms with van der Waals surface area (Å²) in [6, 6.07) is 0.147. The lowest BCUT2D eigenvalue weighted by Gasteiger charge is -2.28. The Labute approximate surface area is 115 Å². The fourth-order valence-corrected chi connectivity index (χ4v) is 2.80. The summed E-state index contributed by atoms with van der Waals surface area (Å²) >= 11 is 6.29. The Hall–Kier alpha value is -0.580. The van der Waals surface area contributed by atoms with E-state index in [1.165, 1.54) is 0 Å². The molecule has 0 aliphatic carbocycles. The summed E-state index contributed by atoms with van der Waals surface area (Å²) in [5.74, 6) is 0. The third-order valence-electron chi connectivity index (χ3n) is 3.03. The van der Waals surface area contributed by atoms with Gasteiger partial charge in [-0.3, -0.25) is 4.68 Å². The molecule has 1 heterocycles. The van der Waals surface area contributed by atoms with Gasteiger partial charge in [0.1, 0.15) is 0 Å². The Morgan fingerprint density at radius 2 is 2.11 bits per heavy atom. The Morgan fingerprint density at radius 3 is 2.61 bits per heavy atom. The number of hydrogen-bond donors (Lipinski definition) is 1. The number of aromatic nitrogens is 2. The van der Waals surface area contributed by atoms with Crippen LogP contribution in [0.3, 0.4) is 0 Å². The van der Waals surface area contributed by atoms with Crippen LogP contribution in [0.1, 0.15) is 32.9 Å². The zero-order valence-corrected chi connectivity index (χ0v) is 12.8. The number of nitrogens with two attached hydrogens (primary N) is 1. The van der Waals surface area contributed by atoms with Crippen LogP contribution in [0.2, 0.25) is 5.02 Å². The molecule has 0 aromatic carbocycles. The molecular formula is C13H25ClN4. The fraction of sp³-hybridized carbons (Fsp3) is 0.769. The molecule has 0 aliphatic rings. The predicted octanol–water partition coefficient (Wildman–Crippen LogP) is 2.11. The van der Waals surface area contributed by atoms with Crippen LogP contribution in [0.4, 0.5) is 0 Å². The van der Waals surface area contributed by atoms with Gasteiger partial charge in [0.2, 0.25) is 0 Å². The van der Waals surface area contributed by atoms with E-state index >= 15 is 0 Å². The molecule has 1 aromatic heterocycles. The van der Waals surface area contributed by atoms with E-state index in [1.807, 2.05) is 11.6 Å². The molecule has 1 unspecified atom stereocenters. The molecule has 2 N–H and O–H groups in total. The molecule has 0 aliphatic heterocycles. The highest BCUT2D eigenvalue weighted by Crippen LogP contribution is 2.33. The molecule has 1 rings (SSSR count). The maximum absolute atomic E-state index is 6.29. The van der Waals surface area contributed by atoms with Gasteiger partial charge in [0, 0.05) is 18.0 Å². The minimum atomic E-state index is -0.0614. The van der Waals surface area contributed by atoms with Crippen molar-refractivity contribution in [1.29, 1.82) is 0 Å². The van der Waals surface area contributed by atoms with Crippen LogP contribution in [0.25, 0.3) is 0 Å². The summed E-state index contributed by atoms with van der Waals surface area (Å²) in [5, 5.41) is 5.11. The lowest BCUT2D eigenvalue weighted by atomic mass is 9.83. The Bertz CT molecular complexity index is 382. The average Bonchev–Trinajstić information content (AvgIpc) is 2.55. The van der Waals surface area contributed by atoms with Crippen LogP contribution in [0.15, 0.2) is 6.20 Å². The summed E-state index contributed by atoms with van der Waals surface area (Å²) in [5.41, 5.74) is 6.95. The number of nitrogens with zero attached hydrogens (tertiary/aromatic N) is 3. The van der Waals surface area contributed by atoms with Gasteiger partial charge >= 0.3 is 0 Å². The lowest BCUT2D eigenvalue weighted by Crippen LogP contribution is -2.32. The summed E-state index contributed by atoms with van der Waals surface area (Å²) in [4.78, 5) is 2.14. The molecule has 4 nitrogen and oxygen atoms in total. The summed E-state index contributed by atoms with van der Waals surface area (Å²) < 4.78 is 2.00. The number of halogens is 1. The van der Waals surface area contributed by atoms with Crippen molar-refractivity contribution in [3.63, 3.8) is 0 Å². The Kier molecular flexibility index (Phi) is 5.20. The van der Waals surface area contributed by atoms with Gasteiger partial charge in [0.15, 0.2) is 0 Å². The normalized spacial score (nSPS) is 14.2. The van der Waals surface area contributed by atoms with E-state index < -0.39 is 0 Å². The Balaban J connectivity index is 2.95. The van der Waals surface area contributed by atoms with Crippen molar-refractivity contribution >= 4 is 11.6 Å². The molecule has 0 spiro atoms. The Morgan fingerprint density at radius 1 is 1.50 bits per heavy atom. The van der Waals surface area contributed by atoms with Crippen molar-refractivity contribution in [2.75, 3.05) is 20.6 Å². The van der Waals surface area contributed by atoms with Crippen molar-refractivity contribution in [2.24, 2.45) is 5.73 Å². The number of likely N-dealkylation sites (N-methyl/N-ethyl adjacent to an activating group) is 1.